The van der Waals surface area contributed by atoms with E-state index in [-0.39, 0.29) is 5.91 Å². The summed E-state index contributed by atoms with van der Waals surface area (Å²) in [4.78, 5) is 24.8. The van der Waals surface area contributed by atoms with E-state index in [0.29, 0.717) is 21.3 Å². The molecule has 0 bridgehead atoms. The topological polar surface area (TPSA) is 90.0 Å². The lowest BCUT2D eigenvalue weighted by Crippen LogP contribution is -2.16. The van der Waals surface area contributed by atoms with Crippen LogP contribution in [0.4, 0.5) is 5.00 Å². The van der Waals surface area contributed by atoms with E-state index in [1.807, 2.05) is 20.8 Å². The molecule has 140 valence electrons. The van der Waals surface area contributed by atoms with Crippen LogP contribution in [0.2, 0.25) is 5.15 Å². The molecule has 2 amide bonds. The summed E-state index contributed by atoms with van der Waals surface area (Å²) in [5, 5.41) is 8.11. The van der Waals surface area contributed by atoms with Gasteiger partial charge in [0.2, 0.25) is 5.91 Å². The quantitative estimate of drug-likeness (QED) is 0.693. The van der Waals surface area contributed by atoms with Gasteiger partial charge in [-0.15, -0.1) is 11.3 Å². The first kappa shape index (κ1) is 20.2. The van der Waals surface area contributed by atoms with Crippen LogP contribution in [0.3, 0.4) is 0 Å². The number of unbranched alkanes of at least 4 members (excludes halogenated alkanes) is 1. The zero-order valence-corrected chi connectivity index (χ0v) is 16.9. The molecule has 0 spiro atoms. The number of halogens is 1. The third-order valence-electron chi connectivity index (χ3n) is 4.10. The number of nitrogens with two attached hydrogens (primary N) is 1. The zero-order valence-electron chi connectivity index (χ0n) is 15.4. The molecule has 0 saturated carbocycles. The van der Waals surface area contributed by atoms with Gasteiger partial charge in [0.05, 0.1) is 11.3 Å². The fraction of sp³-hybridized carbons (Fsp3) is 0.389. The third-order valence-corrected chi connectivity index (χ3v) is 5.62. The monoisotopic (exact) mass is 394 g/mol. The second kappa shape index (κ2) is 8.51. The molecule has 0 aliphatic carbocycles. The van der Waals surface area contributed by atoms with Crippen LogP contribution in [0.5, 0.6) is 0 Å². The maximum absolute atomic E-state index is 12.3. The van der Waals surface area contributed by atoms with Gasteiger partial charge in [0, 0.05) is 23.1 Å². The summed E-state index contributed by atoms with van der Waals surface area (Å²) in [5.41, 5.74) is 8.04. The lowest BCUT2D eigenvalue weighted by Gasteiger charge is -2.02. The molecule has 0 aliphatic rings. The minimum Gasteiger partial charge on any atom is -0.365 e. The predicted molar refractivity (Wildman–Crippen MR) is 107 cm³/mol. The fourth-order valence-corrected chi connectivity index (χ4v) is 3.93. The maximum atomic E-state index is 12.3. The molecular weight excluding hydrogens is 372 g/mol. The van der Waals surface area contributed by atoms with Crippen molar-refractivity contribution in [2.75, 3.05) is 5.32 Å². The standard InChI is InChI=1S/C18H23ClN4O2S/c1-5-6-9-23-16(19)13(11(3)22-23)7-8-14(24)21-18-15(17(20)25)10(2)12(4)26-18/h7-8H,5-6,9H2,1-4H3,(H2,20,25)(H,21,24)/b8-7+. The second-order valence-corrected chi connectivity index (χ2v) is 7.62. The van der Waals surface area contributed by atoms with Crippen LogP contribution in [0, 0.1) is 20.8 Å². The SMILES string of the molecule is CCCCn1nc(C)c(/C=C/C(=O)Nc2sc(C)c(C)c2C(N)=O)c1Cl. The Labute approximate surface area is 162 Å². The molecular formula is C18H23ClN4O2S. The van der Waals surface area contributed by atoms with Gasteiger partial charge < -0.3 is 11.1 Å². The van der Waals surface area contributed by atoms with Crippen molar-refractivity contribution in [1.82, 2.24) is 9.78 Å². The number of nitrogens with zero attached hydrogens (tertiary/aromatic N) is 2. The van der Waals surface area contributed by atoms with E-state index >= 15 is 0 Å². The first-order valence-electron chi connectivity index (χ1n) is 8.38. The highest BCUT2D eigenvalue weighted by atomic mass is 35.5. The number of thiophene rings is 1. The molecule has 6 nitrogen and oxygen atoms in total. The van der Waals surface area contributed by atoms with E-state index in [1.54, 1.807) is 10.8 Å². The van der Waals surface area contributed by atoms with Gasteiger partial charge in [0.15, 0.2) is 0 Å². The van der Waals surface area contributed by atoms with Gasteiger partial charge in [-0.25, -0.2) is 0 Å². The number of primary amides is 1. The summed E-state index contributed by atoms with van der Waals surface area (Å²) in [5.74, 6) is -0.909. The first-order chi connectivity index (χ1) is 12.3. The molecule has 2 rings (SSSR count). The van der Waals surface area contributed by atoms with Gasteiger partial charge in [0.25, 0.3) is 5.91 Å². The molecule has 2 aromatic rings. The van der Waals surface area contributed by atoms with Crippen molar-refractivity contribution in [1.29, 1.82) is 0 Å². The molecule has 0 radical (unpaired) electrons. The van der Waals surface area contributed by atoms with Gasteiger partial charge in [-0.1, -0.05) is 24.9 Å². The second-order valence-electron chi connectivity index (χ2n) is 6.04. The number of rotatable bonds is 7. The van der Waals surface area contributed by atoms with E-state index in [9.17, 15) is 9.59 Å². The van der Waals surface area contributed by atoms with Gasteiger partial charge >= 0.3 is 0 Å². The lowest BCUT2D eigenvalue weighted by atomic mass is 10.1. The van der Waals surface area contributed by atoms with E-state index in [0.717, 1.165) is 35.5 Å². The highest BCUT2D eigenvalue weighted by Gasteiger charge is 2.18. The summed E-state index contributed by atoms with van der Waals surface area (Å²) >= 11 is 7.69. The van der Waals surface area contributed by atoms with Gasteiger partial charge in [0.1, 0.15) is 10.2 Å². The Balaban J connectivity index is 2.17. The van der Waals surface area contributed by atoms with Crippen LogP contribution in [-0.4, -0.2) is 21.6 Å². The Morgan fingerprint density at radius 1 is 1.35 bits per heavy atom. The Bertz CT molecular complexity index is 867. The zero-order chi connectivity index (χ0) is 19.4. The summed E-state index contributed by atoms with van der Waals surface area (Å²) in [6.45, 7) is 8.38. The highest BCUT2D eigenvalue weighted by molar-refractivity contribution is 7.16. The Morgan fingerprint density at radius 3 is 2.65 bits per heavy atom. The number of aryl methyl sites for hydroxylation is 3. The minimum absolute atomic E-state index is 0.356. The van der Waals surface area contributed by atoms with Crippen molar-refractivity contribution in [2.24, 2.45) is 5.73 Å². The number of hydrogen-bond acceptors (Lipinski definition) is 4. The first-order valence-corrected chi connectivity index (χ1v) is 9.57. The number of carbonyl (C=O) groups excluding carboxylic acids is 2. The molecule has 2 heterocycles. The van der Waals surface area contributed by atoms with Crippen molar-refractivity contribution in [2.45, 2.75) is 47.1 Å². The Morgan fingerprint density at radius 2 is 2.04 bits per heavy atom. The number of anilines is 1. The average molecular weight is 395 g/mol. The van der Waals surface area contributed by atoms with Crippen molar-refractivity contribution in [3.8, 4) is 0 Å². The van der Waals surface area contributed by atoms with Crippen molar-refractivity contribution in [3.63, 3.8) is 0 Å². The van der Waals surface area contributed by atoms with Crippen LogP contribution < -0.4 is 11.1 Å². The van der Waals surface area contributed by atoms with Crippen LogP contribution in [0.15, 0.2) is 6.08 Å². The van der Waals surface area contributed by atoms with Gasteiger partial charge in [-0.3, -0.25) is 14.3 Å². The Hall–Kier alpha value is -2.12. The van der Waals surface area contributed by atoms with E-state index in [1.165, 1.54) is 17.4 Å². The summed E-state index contributed by atoms with van der Waals surface area (Å²) in [6, 6.07) is 0. The number of carbonyl (C=O) groups is 2. The normalized spacial score (nSPS) is 11.3. The van der Waals surface area contributed by atoms with Crippen LogP contribution >= 0.6 is 22.9 Å². The van der Waals surface area contributed by atoms with Crippen LogP contribution in [0.25, 0.3) is 6.08 Å². The number of aromatic nitrogens is 2. The molecule has 0 atom stereocenters. The molecule has 0 unspecified atom stereocenters. The van der Waals surface area contributed by atoms with Crippen molar-refractivity contribution in [3.05, 3.63) is 38.5 Å². The van der Waals surface area contributed by atoms with Gasteiger partial charge in [-0.05, 0) is 38.8 Å². The van der Waals surface area contributed by atoms with Crippen LogP contribution in [-0.2, 0) is 11.3 Å². The van der Waals surface area contributed by atoms with Crippen molar-refractivity contribution < 1.29 is 9.59 Å². The van der Waals surface area contributed by atoms with Crippen LogP contribution in [0.1, 0.15) is 51.8 Å². The third kappa shape index (κ3) is 4.34. The molecule has 0 saturated heterocycles. The molecule has 8 heteroatoms. The summed E-state index contributed by atoms with van der Waals surface area (Å²) in [7, 11) is 0. The van der Waals surface area contributed by atoms with Crippen molar-refractivity contribution >= 4 is 45.8 Å². The largest absolute Gasteiger partial charge is 0.365 e. The van der Waals surface area contributed by atoms with Gasteiger partial charge in [-0.2, -0.15) is 5.10 Å². The lowest BCUT2D eigenvalue weighted by molar-refractivity contribution is -0.111. The van der Waals surface area contributed by atoms with E-state index in [4.69, 9.17) is 17.3 Å². The minimum atomic E-state index is -0.554. The average Bonchev–Trinajstić information content (AvgIpc) is 2.99. The molecule has 0 aliphatic heterocycles. The number of amides is 2. The number of nitrogens with one attached hydrogen (secondary N) is 1. The number of hydrogen-bond donors (Lipinski definition) is 2. The molecule has 26 heavy (non-hydrogen) atoms. The summed E-state index contributed by atoms with van der Waals surface area (Å²) in [6.07, 6.45) is 5.05. The molecule has 3 N–H and O–H groups in total. The smallest absolute Gasteiger partial charge is 0.251 e. The highest BCUT2D eigenvalue weighted by Crippen LogP contribution is 2.32. The molecule has 0 aromatic carbocycles. The van der Waals surface area contributed by atoms with E-state index in [2.05, 4.69) is 17.3 Å². The predicted octanol–water partition coefficient (Wildman–Crippen LogP) is 4.07. The van der Waals surface area contributed by atoms with E-state index < -0.39 is 5.91 Å². The fourth-order valence-electron chi connectivity index (χ4n) is 2.54. The Kier molecular flexibility index (Phi) is 6.61. The molecule has 0 fully saturated rings. The maximum Gasteiger partial charge on any atom is 0.251 e. The summed E-state index contributed by atoms with van der Waals surface area (Å²) < 4.78 is 1.75. The molecule has 2 aromatic heterocycles.